The summed E-state index contributed by atoms with van der Waals surface area (Å²) in [7, 11) is 0. The predicted molar refractivity (Wildman–Crippen MR) is 125 cm³/mol. The van der Waals surface area contributed by atoms with Crippen LogP contribution in [0.15, 0.2) is 41.4 Å². The number of aromatic nitrogens is 4. The number of nitrogens with one attached hydrogen (secondary N) is 1. The number of hydrogen-bond acceptors (Lipinski definition) is 7. The van der Waals surface area contributed by atoms with Crippen LogP contribution in [0.4, 0.5) is 10.1 Å². The van der Waals surface area contributed by atoms with Crippen LogP contribution in [0.2, 0.25) is 0 Å². The molecule has 3 aromatic rings. The SMILES string of the molecule is C/C=C(/CNc1cc(-c2cccnc2OCC)nc2c(C)nn(C(C)C)c12)O/N=C/CF. The smallest absolute Gasteiger partial charge is 0.222 e. The first kappa shape index (κ1) is 23.2. The molecule has 0 saturated heterocycles. The van der Waals surface area contributed by atoms with E-state index in [2.05, 4.69) is 29.3 Å². The van der Waals surface area contributed by atoms with Gasteiger partial charge in [0.2, 0.25) is 5.88 Å². The van der Waals surface area contributed by atoms with Gasteiger partial charge in [-0.05, 0) is 58.9 Å². The summed E-state index contributed by atoms with van der Waals surface area (Å²) in [6.45, 7) is 10.0. The maximum absolute atomic E-state index is 12.3. The lowest BCUT2D eigenvalue weighted by molar-refractivity contribution is 0.226. The van der Waals surface area contributed by atoms with Crippen LogP contribution in [0, 0.1) is 6.92 Å². The van der Waals surface area contributed by atoms with Gasteiger partial charge in [-0.3, -0.25) is 4.68 Å². The highest BCUT2D eigenvalue weighted by molar-refractivity contribution is 5.93. The molecule has 0 unspecified atom stereocenters. The third-order valence-corrected chi connectivity index (χ3v) is 4.73. The molecule has 0 radical (unpaired) electrons. The second kappa shape index (κ2) is 10.7. The quantitative estimate of drug-likeness (QED) is 0.269. The van der Waals surface area contributed by atoms with E-state index in [1.165, 1.54) is 0 Å². The molecule has 0 aliphatic carbocycles. The summed E-state index contributed by atoms with van der Waals surface area (Å²) >= 11 is 0. The molecule has 0 saturated carbocycles. The van der Waals surface area contributed by atoms with Crippen LogP contribution in [-0.2, 0) is 4.84 Å². The zero-order valence-corrected chi connectivity index (χ0v) is 19.1. The number of rotatable bonds is 10. The van der Waals surface area contributed by atoms with Gasteiger partial charge in [-0.2, -0.15) is 5.10 Å². The minimum absolute atomic E-state index is 0.142. The Labute approximate surface area is 187 Å². The fraction of sp³-hybridized carbons (Fsp3) is 0.391. The number of allylic oxidation sites excluding steroid dienone is 1. The van der Waals surface area contributed by atoms with E-state index in [9.17, 15) is 4.39 Å². The fourth-order valence-corrected chi connectivity index (χ4v) is 3.27. The maximum atomic E-state index is 12.3. The van der Waals surface area contributed by atoms with Gasteiger partial charge in [0, 0.05) is 12.2 Å². The van der Waals surface area contributed by atoms with E-state index in [1.807, 2.05) is 43.7 Å². The summed E-state index contributed by atoms with van der Waals surface area (Å²) in [5.41, 5.74) is 4.88. The molecule has 0 aliphatic heterocycles. The van der Waals surface area contributed by atoms with E-state index in [0.29, 0.717) is 24.8 Å². The second-order valence-electron chi connectivity index (χ2n) is 7.31. The molecule has 3 heterocycles. The molecule has 0 fully saturated rings. The second-order valence-corrected chi connectivity index (χ2v) is 7.31. The number of oxime groups is 1. The number of nitrogens with zero attached hydrogens (tertiary/aromatic N) is 5. The van der Waals surface area contributed by atoms with E-state index < -0.39 is 6.67 Å². The minimum atomic E-state index is -0.682. The fourth-order valence-electron chi connectivity index (χ4n) is 3.27. The van der Waals surface area contributed by atoms with Crippen molar-refractivity contribution in [2.24, 2.45) is 5.16 Å². The monoisotopic (exact) mass is 440 g/mol. The molecule has 0 aromatic carbocycles. The lowest BCUT2D eigenvalue weighted by atomic mass is 10.1. The predicted octanol–water partition coefficient (Wildman–Crippen LogP) is 5.07. The third-order valence-electron chi connectivity index (χ3n) is 4.73. The van der Waals surface area contributed by atoms with Crippen molar-refractivity contribution in [1.29, 1.82) is 0 Å². The van der Waals surface area contributed by atoms with E-state index in [1.54, 1.807) is 12.3 Å². The van der Waals surface area contributed by atoms with E-state index in [0.717, 1.165) is 39.9 Å². The number of halogens is 1. The van der Waals surface area contributed by atoms with E-state index in [-0.39, 0.29) is 6.04 Å². The van der Waals surface area contributed by atoms with Crippen LogP contribution in [0.25, 0.3) is 22.3 Å². The first-order valence-electron chi connectivity index (χ1n) is 10.6. The van der Waals surface area contributed by atoms with Crippen molar-refractivity contribution < 1.29 is 14.0 Å². The number of aryl methyl sites for hydroxylation is 1. The Bertz CT molecular complexity index is 1120. The highest BCUT2D eigenvalue weighted by Crippen LogP contribution is 2.34. The van der Waals surface area contributed by atoms with Crippen LogP contribution < -0.4 is 10.1 Å². The normalized spacial score (nSPS) is 12.2. The van der Waals surface area contributed by atoms with Gasteiger partial charge in [0.15, 0.2) is 0 Å². The number of fused-ring (bicyclic) bond motifs is 1. The Hall–Kier alpha value is -3.49. The van der Waals surface area contributed by atoms with Crippen LogP contribution in [-0.4, -0.2) is 45.8 Å². The van der Waals surface area contributed by atoms with Gasteiger partial charge >= 0.3 is 0 Å². The van der Waals surface area contributed by atoms with Crippen LogP contribution in [0.5, 0.6) is 5.88 Å². The van der Waals surface area contributed by atoms with Gasteiger partial charge in [0.25, 0.3) is 0 Å². The number of pyridine rings is 2. The summed E-state index contributed by atoms with van der Waals surface area (Å²) in [4.78, 5) is 14.5. The average Bonchev–Trinajstić information content (AvgIpc) is 3.13. The molecule has 9 heteroatoms. The Balaban J connectivity index is 2.09. The zero-order chi connectivity index (χ0) is 23.1. The van der Waals surface area contributed by atoms with Gasteiger partial charge in [-0.1, -0.05) is 5.16 Å². The molecule has 0 spiro atoms. The molecule has 0 atom stereocenters. The molecule has 0 amide bonds. The van der Waals surface area contributed by atoms with Crippen LogP contribution >= 0.6 is 0 Å². The average molecular weight is 441 g/mol. The van der Waals surface area contributed by atoms with Gasteiger partial charge in [-0.15, -0.1) is 0 Å². The topological polar surface area (TPSA) is 86.5 Å². The van der Waals surface area contributed by atoms with Crippen molar-refractivity contribution in [1.82, 2.24) is 19.7 Å². The summed E-state index contributed by atoms with van der Waals surface area (Å²) < 4.78 is 20.0. The van der Waals surface area contributed by atoms with Crippen molar-refractivity contribution in [3.05, 3.63) is 41.9 Å². The van der Waals surface area contributed by atoms with Gasteiger partial charge in [0.1, 0.15) is 23.5 Å². The zero-order valence-electron chi connectivity index (χ0n) is 19.1. The lowest BCUT2D eigenvalue weighted by Gasteiger charge is -2.15. The largest absolute Gasteiger partial charge is 0.477 e. The van der Waals surface area contributed by atoms with Crippen molar-refractivity contribution in [2.45, 2.75) is 40.7 Å². The molecule has 0 aliphatic rings. The standard InChI is InChI=1S/C23H29FN6O2/c1-6-17(32-27-12-10-24)14-26-20-13-19(18-9-8-11-25-23(18)31-7-2)28-21-16(5)29-30(15(3)4)22(20)21/h6,8-9,11-13,15H,7,10,14H2,1-5H3,(H,26,28)/b17-6-,27-12+. The van der Waals surface area contributed by atoms with Crippen LogP contribution in [0.3, 0.4) is 0 Å². The molecule has 3 aromatic heterocycles. The molecule has 32 heavy (non-hydrogen) atoms. The molecule has 170 valence electrons. The number of anilines is 1. The lowest BCUT2D eigenvalue weighted by Crippen LogP contribution is -2.10. The molecule has 0 bridgehead atoms. The molecule has 1 N–H and O–H groups in total. The third kappa shape index (κ3) is 5.04. The van der Waals surface area contributed by atoms with Gasteiger partial charge in [0.05, 0.1) is 42.0 Å². The molecule has 3 rings (SSSR count). The van der Waals surface area contributed by atoms with Crippen molar-refractivity contribution in [3.63, 3.8) is 0 Å². The van der Waals surface area contributed by atoms with E-state index >= 15 is 0 Å². The Morgan fingerprint density at radius 1 is 1.38 bits per heavy atom. The van der Waals surface area contributed by atoms with Gasteiger partial charge in [-0.25, -0.2) is 14.4 Å². The maximum Gasteiger partial charge on any atom is 0.222 e. The van der Waals surface area contributed by atoms with Gasteiger partial charge < -0.3 is 14.9 Å². The molecular weight excluding hydrogens is 411 g/mol. The molecule has 8 nitrogen and oxygen atoms in total. The minimum Gasteiger partial charge on any atom is -0.477 e. The van der Waals surface area contributed by atoms with E-state index in [4.69, 9.17) is 19.7 Å². The first-order valence-corrected chi connectivity index (χ1v) is 10.6. The number of alkyl halides is 1. The summed E-state index contributed by atoms with van der Waals surface area (Å²) in [5.74, 6) is 1.09. The molecular formula is C23H29FN6O2. The Morgan fingerprint density at radius 2 is 2.19 bits per heavy atom. The number of hydrogen-bond donors (Lipinski definition) is 1. The van der Waals surface area contributed by atoms with Crippen molar-refractivity contribution in [2.75, 3.05) is 25.1 Å². The van der Waals surface area contributed by atoms with Crippen molar-refractivity contribution >= 4 is 22.9 Å². The summed E-state index contributed by atoms with van der Waals surface area (Å²) in [5, 5.41) is 11.7. The number of ether oxygens (including phenoxy) is 1. The highest BCUT2D eigenvalue weighted by atomic mass is 19.1. The summed E-state index contributed by atoms with van der Waals surface area (Å²) in [6, 6.07) is 5.89. The summed E-state index contributed by atoms with van der Waals surface area (Å²) in [6.07, 6.45) is 4.55. The Kier molecular flexibility index (Phi) is 7.75. The van der Waals surface area contributed by atoms with Crippen molar-refractivity contribution in [3.8, 4) is 17.1 Å². The van der Waals surface area contributed by atoms with Crippen LogP contribution in [0.1, 0.15) is 39.4 Å². The highest BCUT2D eigenvalue weighted by Gasteiger charge is 2.19. The first-order chi connectivity index (χ1) is 15.5. The Morgan fingerprint density at radius 3 is 2.88 bits per heavy atom.